The molecule has 3 N–H and O–H groups in total. The molecule has 180 valence electrons. The Bertz CT molecular complexity index is 1210. The third-order valence-corrected chi connectivity index (χ3v) is 4.87. The van der Waals surface area contributed by atoms with Crippen LogP contribution in [0.15, 0.2) is 77.9 Å². The molecular weight excluding hydrogens is 448 g/mol. The summed E-state index contributed by atoms with van der Waals surface area (Å²) >= 11 is 0. The number of nitrogens with one attached hydrogen (secondary N) is 3. The molecule has 35 heavy (non-hydrogen) atoms. The highest BCUT2D eigenvalue weighted by Crippen LogP contribution is 2.18. The van der Waals surface area contributed by atoms with Crippen molar-refractivity contribution in [3.8, 4) is 11.5 Å². The lowest BCUT2D eigenvalue weighted by atomic mass is 10.1. The number of ether oxygens (including phenoxy) is 2. The zero-order valence-corrected chi connectivity index (χ0v) is 19.4. The molecule has 9 nitrogen and oxygen atoms in total. The van der Waals surface area contributed by atoms with Gasteiger partial charge < -0.3 is 20.1 Å². The molecule has 0 aliphatic rings. The van der Waals surface area contributed by atoms with E-state index in [2.05, 4.69) is 21.2 Å². The molecule has 0 saturated heterocycles. The first-order chi connectivity index (χ1) is 17.0. The van der Waals surface area contributed by atoms with Gasteiger partial charge in [-0.05, 0) is 54.4 Å². The number of rotatable bonds is 9. The Hall–Kier alpha value is -4.66. The number of hydrogen-bond donors (Lipinski definition) is 3. The molecule has 0 atom stereocenters. The van der Waals surface area contributed by atoms with Crippen molar-refractivity contribution in [3.05, 3.63) is 83.9 Å². The Kier molecular flexibility index (Phi) is 8.95. The van der Waals surface area contributed by atoms with Crippen LogP contribution in [0, 0.1) is 0 Å². The molecule has 0 aromatic heterocycles. The van der Waals surface area contributed by atoms with E-state index in [9.17, 15) is 14.4 Å². The number of nitrogens with zero attached hydrogens (tertiary/aromatic N) is 1. The zero-order valence-electron chi connectivity index (χ0n) is 19.4. The van der Waals surface area contributed by atoms with Gasteiger partial charge in [0.2, 0.25) is 0 Å². The second-order valence-electron chi connectivity index (χ2n) is 7.27. The molecule has 0 aliphatic carbocycles. The van der Waals surface area contributed by atoms with Crippen LogP contribution in [0.5, 0.6) is 11.5 Å². The lowest BCUT2D eigenvalue weighted by Gasteiger charge is -2.11. The molecule has 0 radical (unpaired) electrons. The first kappa shape index (κ1) is 25.0. The van der Waals surface area contributed by atoms with Gasteiger partial charge in [-0.25, -0.2) is 5.43 Å². The minimum atomic E-state index is -0.940. The summed E-state index contributed by atoms with van der Waals surface area (Å²) in [5.74, 6) is -1.10. The summed E-state index contributed by atoms with van der Waals surface area (Å²) in [5.41, 5.74) is 4.90. The van der Waals surface area contributed by atoms with E-state index in [0.29, 0.717) is 22.7 Å². The molecule has 0 heterocycles. The third kappa shape index (κ3) is 7.43. The molecule has 3 aromatic carbocycles. The van der Waals surface area contributed by atoms with Crippen LogP contribution in [0.3, 0.4) is 0 Å². The lowest BCUT2D eigenvalue weighted by Crippen LogP contribution is -2.32. The SMILES string of the molecule is CCc1ccccc1NC(=O)COc1ccccc1/C=N\NC(=O)C(=O)Nc1ccc(OC)cc1. The van der Waals surface area contributed by atoms with E-state index in [1.807, 2.05) is 31.2 Å². The van der Waals surface area contributed by atoms with Crippen LogP contribution in [0.1, 0.15) is 18.1 Å². The number of anilines is 2. The topological polar surface area (TPSA) is 118 Å². The number of methoxy groups -OCH3 is 1. The minimum absolute atomic E-state index is 0.209. The lowest BCUT2D eigenvalue weighted by molar-refractivity contribution is -0.136. The van der Waals surface area contributed by atoms with Gasteiger partial charge >= 0.3 is 11.8 Å². The molecular formula is C26H26N4O5. The molecule has 0 bridgehead atoms. The van der Waals surface area contributed by atoms with Crippen LogP contribution in [-0.2, 0) is 20.8 Å². The summed E-state index contributed by atoms with van der Waals surface area (Å²) in [4.78, 5) is 36.4. The maximum Gasteiger partial charge on any atom is 0.329 e. The standard InChI is InChI=1S/C26H26N4O5/c1-3-18-8-4-6-10-22(18)29-24(31)17-35-23-11-7-5-9-19(23)16-27-30-26(33)25(32)28-20-12-14-21(34-2)15-13-20/h4-16H,3,17H2,1-2H3,(H,28,32)(H,29,31)(H,30,33)/b27-16-. The van der Waals surface area contributed by atoms with Gasteiger partial charge in [-0.3, -0.25) is 14.4 Å². The number of amides is 3. The molecule has 3 amide bonds. The fourth-order valence-corrected chi connectivity index (χ4v) is 3.07. The predicted octanol–water partition coefficient (Wildman–Crippen LogP) is 3.36. The molecule has 0 fully saturated rings. The Morgan fingerprint density at radius 1 is 0.886 bits per heavy atom. The van der Waals surface area contributed by atoms with Gasteiger partial charge in [0, 0.05) is 16.9 Å². The normalized spacial score (nSPS) is 10.5. The van der Waals surface area contributed by atoms with Crippen molar-refractivity contribution >= 4 is 35.3 Å². The van der Waals surface area contributed by atoms with E-state index < -0.39 is 11.8 Å². The summed E-state index contributed by atoms with van der Waals surface area (Å²) in [5, 5.41) is 9.13. The summed E-state index contributed by atoms with van der Waals surface area (Å²) in [6.07, 6.45) is 2.12. The Morgan fingerprint density at radius 2 is 1.60 bits per heavy atom. The maximum atomic E-state index is 12.4. The molecule has 0 aliphatic heterocycles. The van der Waals surface area contributed by atoms with Gasteiger partial charge in [-0.1, -0.05) is 37.3 Å². The van der Waals surface area contributed by atoms with Crippen LogP contribution in [0.25, 0.3) is 0 Å². The number of hydrazone groups is 1. The fraction of sp³-hybridized carbons (Fsp3) is 0.154. The molecule has 9 heteroatoms. The van der Waals surface area contributed by atoms with Crippen molar-refractivity contribution in [2.75, 3.05) is 24.4 Å². The van der Waals surface area contributed by atoms with Crippen molar-refractivity contribution < 1.29 is 23.9 Å². The van der Waals surface area contributed by atoms with Gasteiger partial charge in [0.1, 0.15) is 11.5 Å². The molecule has 0 spiro atoms. The number of carbonyl (C=O) groups excluding carboxylic acids is 3. The van der Waals surface area contributed by atoms with Crippen molar-refractivity contribution in [1.82, 2.24) is 5.43 Å². The van der Waals surface area contributed by atoms with Crippen LogP contribution in [0.2, 0.25) is 0 Å². The Balaban J connectivity index is 1.53. The maximum absolute atomic E-state index is 12.4. The molecule has 3 aromatic rings. The number of aryl methyl sites for hydroxylation is 1. The van der Waals surface area contributed by atoms with Crippen molar-refractivity contribution in [2.45, 2.75) is 13.3 Å². The van der Waals surface area contributed by atoms with Crippen molar-refractivity contribution in [2.24, 2.45) is 5.10 Å². The van der Waals surface area contributed by atoms with Gasteiger partial charge in [0.15, 0.2) is 6.61 Å². The number of carbonyl (C=O) groups is 3. The van der Waals surface area contributed by atoms with Crippen LogP contribution in [-0.4, -0.2) is 37.7 Å². The molecule has 0 unspecified atom stereocenters. The highest BCUT2D eigenvalue weighted by atomic mass is 16.5. The number of benzene rings is 3. The monoisotopic (exact) mass is 474 g/mol. The van der Waals surface area contributed by atoms with Gasteiger partial charge in [0.25, 0.3) is 5.91 Å². The highest BCUT2D eigenvalue weighted by molar-refractivity contribution is 6.39. The van der Waals surface area contributed by atoms with Crippen LogP contribution < -0.4 is 25.5 Å². The highest BCUT2D eigenvalue weighted by Gasteiger charge is 2.13. The Morgan fingerprint density at radius 3 is 2.34 bits per heavy atom. The average molecular weight is 475 g/mol. The second kappa shape index (κ2) is 12.5. The summed E-state index contributed by atoms with van der Waals surface area (Å²) in [6.45, 7) is 1.80. The van der Waals surface area contributed by atoms with Crippen LogP contribution in [0.4, 0.5) is 11.4 Å². The largest absolute Gasteiger partial charge is 0.497 e. The first-order valence-electron chi connectivity index (χ1n) is 10.9. The minimum Gasteiger partial charge on any atom is -0.497 e. The van der Waals surface area contributed by atoms with E-state index in [0.717, 1.165) is 17.7 Å². The average Bonchev–Trinajstić information content (AvgIpc) is 2.88. The summed E-state index contributed by atoms with van der Waals surface area (Å²) in [7, 11) is 1.53. The Labute approximate surface area is 203 Å². The number of para-hydroxylation sites is 2. The van der Waals surface area contributed by atoms with E-state index in [1.165, 1.54) is 13.3 Å². The van der Waals surface area contributed by atoms with E-state index >= 15 is 0 Å². The third-order valence-electron chi connectivity index (χ3n) is 4.87. The summed E-state index contributed by atoms with van der Waals surface area (Å²) in [6, 6.07) is 21.0. The second-order valence-corrected chi connectivity index (χ2v) is 7.27. The van der Waals surface area contributed by atoms with E-state index in [1.54, 1.807) is 48.5 Å². The van der Waals surface area contributed by atoms with Crippen LogP contribution >= 0.6 is 0 Å². The quantitative estimate of drug-likeness (QED) is 0.250. The summed E-state index contributed by atoms with van der Waals surface area (Å²) < 4.78 is 10.7. The van der Waals surface area contributed by atoms with Crippen molar-refractivity contribution in [1.29, 1.82) is 0 Å². The van der Waals surface area contributed by atoms with Gasteiger partial charge in [-0.2, -0.15) is 5.10 Å². The fourth-order valence-electron chi connectivity index (χ4n) is 3.07. The van der Waals surface area contributed by atoms with Gasteiger partial charge in [0.05, 0.1) is 13.3 Å². The van der Waals surface area contributed by atoms with E-state index in [4.69, 9.17) is 9.47 Å². The van der Waals surface area contributed by atoms with E-state index in [-0.39, 0.29) is 12.5 Å². The predicted molar refractivity (Wildman–Crippen MR) is 134 cm³/mol. The molecule has 0 saturated carbocycles. The molecule has 3 rings (SSSR count). The smallest absolute Gasteiger partial charge is 0.329 e. The van der Waals surface area contributed by atoms with Crippen molar-refractivity contribution in [3.63, 3.8) is 0 Å². The van der Waals surface area contributed by atoms with Gasteiger partial charge in [-0.15, -0.1) is 0 Å². The first-order valence-corrected chi connectivity index (χ1v) is 10.9. The zero-order chi connectivity index (χ0) is 25.0. The number of hydrogen-bond acceptors (Lipinski definition) is 6.